The molecule has 0 saturated carbocycles. The summed E-state index contributed by atoms with van der Waals surface area (Å²) in [6.07, 6.45) is 6.94. The number of pyridine rings is 1. The Balaban J connectivity index is 1.52. The predicted molar refractivity (Wildman–Crippen MR) is 84.8 cm³/mol. The molecule has 4 nitrogen and oxygen atoms in total. The van der Waals surface area contributed by atoms with Gasteiger partial charge in [0.1, 0.15) is 5.75 Å². The van der Waals surface area contributed by atoms with Crippen LogP contribution in [0.15, 0.2) is 42.7 Å². The van der Waals surface area contributed by atoms with Gasteiger partial charge in [0.25, 0.3) is 5.91 Å². The molecule has 0 saturated heterocycles. The minimum Gasteiger partial charge on any atom is -0.484 e. The highest BCUT2D eigenvalue weighted by molar-refractivity contribution is 5.78. The molecule has 1 aliphatic carbocycles. The molecule has 22 heavy (non-hydrogen) atoms. The Bertz CT molecular complexity index is 655. The number of carbonyl (C=O) groups is 1. The molecule has 1 amide bonds. The number of aromatic nitrogens is 1. The molecule has 0 aliphatic heterocycles. The van der Waals surface area contributed by atoms with E-state index in [2.05, 4.69) is 22.4 Å². The molecule has 1 aliphatic rings. The van der Waals surface area contributed by atoms with Crippen LogP contribution in [0.1, 0.15) is 36.1 Å². The fourth-order valence-electron chi connectivity index (χ4n) is 2.79. The molecule has 1 heterocycles. The molecule has 0 bridgehead atoms. The van der Waals surface area contributed by atoms with Gasteiger partial charge in [-0.2, -0.15) is 0 Å². The van der Waals surface area contributed by atoms with Crippen molar-refractivity contribution in [2.75, 3.05) is 6.61 Å². The molecule has 0 fully saturated rings. The molecule has 1 unspecified atom stereocenters. The van der Waals surface area contributed by atoms with Crippen LogP contribution in [0, 0.1) is 0 Å². The Morgan fingerprint density at radius 1 is 1.32 bits per heavy atom. The second-order valence-corrected chi connectivity index (χ2v) is 5.65. The summed E-state index contributed by atoms with van der Waals surface area (Å²) in [5.41, 5.74) is 3.73. The van der Waals surface area contributed by atoms with Gasteiger partial charge in [0.2, 0.25) is 0 Å². The van der Waals surface area contributed by atoms with Gasteiger partial charge in [-0.3, -0.25) is 9.78 Å². The van der Waals surface area contributed by atoms with Crippen molar-refractivity contribution in [3.63, 3.8) is 0 Å². The summed E-state index contributed by atoms with van der Waals surface area (Å²) >= 11 is 0. The molecule has 1 aromatic carbocycles. The zero-order chi connectivity index (χ0) is 15.4. The van der Waals surface area contributed by atoms with Crippen LogP contribution in [0.5, 0.6) is 5.75 Å². The highest BCUT2D eigenvalue weighted by Gasteiger charge is 2.13. The zero-order valence-electron chi connectivity index (χ0n) is 12.7. The maximum atomic E-state index is 12.0. The lowest BCUT2D eigenvalue weighted by Gasteiger charge is -2.14. The molecule has 1 atom stereocenters. The molecule has 0 spiro atoms. The van der Waals surface area contributed by atoms with Crippen molar-refractivity contribution in [2.45, 2.75) is 32.2 Å². The van der Waals surface area contributed by atoms with Gasteiger partial charge in [0.05, 0.1) is 6.04 Å². The summed E-state index contributed by atoms with van der Waals surface area (Å²) in [6, 6.07) is 9.83. The number of hydrogen-bond donors (Lipinski definition) is 1. The fraction of sp³-hybridized carbons (Fsp3) is 0.333. The first kappa shape index (κ1) is 14.6. The van der Waals surface area contributed by atoms with Gasteiger partial charge in [-0.15, -0.1) is 0 Å². The first-order valence-electron chi connectivity index (χ1n) is 7.66. The van der Waals surface area contributed by atoms with Crippen LogP contribution in [-0.4, -0.2) is 17.5 Å². The first-order chi connectivity index (χ1) is 10.7. The average Bonchev–Trinajstić information content (AvgIpc) is 3.01. The molecule has 2 aromatic rings. The molecule has 0 radical (unpaired) electrons. The molecule has 4 heteroatoms. The van der Waals surface area contributed by atoms with Gasteiger partial charge in [-0.05, 0) is 61.1 Å². The number of nitrogens with one attached hydrogen (secondary N) is 1. The standard InChI is InChI=1S/C18H20N2O2/c1-13(16-6-3-9-19-11-16)20-18(21)12-22-17-8-7-14-4-2-5-15(14)10-17/h3,6-11,13H,2,4-5,12H2,1H3,(H,20,21). The maximum Gasteiger partial charge on any atom is 0.258 e. The van der Waals surface area contributed by atoms with E-state index in [9.17, 15) is 4.79 Å². The van der Waals surface area contributed by atoms with Gasteiger partial charge < -0.3 is 10.1 Å². The number of ether oxygens (including phenoxy) is 1. The number of hydrogen-bond acceptors (Lipinski definition) is 3. The van der Waals surface area contributed by atoms with Crippen molar-refractivity contribution in [3.8, 4) is 5.75 Å². The van der Waals surface area contributed by atoms with Crippen molar-refractivity contribution in [2.24, 2.45) is 0 Å². The lowest BCUT2D eigenvalue weighted by atomic mass is 10.1. The van der Waals surface area contributed by atoms with Crippen LogP contribution in [0.2, 0.25) is 0 Å². The van der Waals surface area contributed by atoms with Gasteiger partial charge in [0.15, 0.2) is 6.61 Å². The molecular weight excluding hydrogens is 276 g/mol. The Labute approximate surface area is 130 Å². The second kappa shape index (κ2) is 6.60. The topological polar surface area (TPSA) is 51.2 Å². The number of benzene rings is 1. The molecule has 3 rings (SSSR count). The Morgan fingerprint density at radius 3 is 3.00 bits per heavy atom. The van der Waals surface area contributed by atoms with E-state index in [0.29, 0.717) is 0 Å². The van der Waals surface area contributed by atoms with Crippen LogP contribution in [0.25, 0.3) is 0 Å². The van der Waals surface area contributed by atoms with Crippen LogP contribution in [0.4, 0.5) is 0 Å². The highest BCUT2D eigenvalue weighted by Crippen LogP contribution is 2.25. The van der Waals surface area contributed by atoms with Crippen LogP contribution in [0.3, 0.4) is 0 Å². The number of nitrogens with zero attached hydrogens (tertiary/aromatic N) is 1. The SMILES string of the molecule is CC(NC(=O)COc1ccc2c(c1)CCC2)c1cccnc1. The highest BCUT2D eigenvalue weighted by atomic mass is 16.5. The summed E-state index contributed by atoms with van der Waals surface area (Å²) in [4.78, 5) is 16.0. The minimum atomic E-state index is -0.128. The van der Waals surface area contributed by atoms with Crippen molar-refractivity contribution in [3.05, 3.63) is 59.4 Å². The van der Waals surface area contributed by atoms with E-state index >= 15 is 0 Å². The molecule has 114 valence electrons. The van der Waals surface area contributed by atoms with Crippen molar-refractivity contribution in [1.82, 2.24) is 10.3 Å². The summed E-state index contributed by atoms with van der Waals surface area (Å²) in [5, 5.41) is 2.91. The van der Waals surface area contributed by atoms with E-state index in [-0.39, 0.29) is 18.6 Å². The predicted octanol–water partition coefficient (Wildman–Crippen LogP) is 2.83. The van der Waals surface area contributed by atoms with E-state index < -0.39 is 0 Å². The van der Waals surface area contributed by atoms with E-state index in [1.54, 1.807) is 12.4 Å². The van der Waals surface area contributed by atoms with Crippen molar-refractivity contribution < 1.29 is 9.53 Å². The van der Waals surface area contributed by atoms with E-state index in [0.717, 1.165) is 24.2 Å². The molecule has 1 N–H and O–H groups in total. The third kappa shape index (κ3) is 3.45. The number of rotatable bonds is 5. The summed E-state index contributed by atoms with van der Waals surface area (Å²) < 4.78 is 5.60. The molecular formula is C18H20N2O2. The van der Waals surface area contributed by atoms with Gasteiger partial charge >= 0.3 is 0 Å². The maximum absolute atomic E-state index is 12.0. The van der Waals surface area contributed by atoms with Gasteiger partial charge in [-0.25, -0.2) is 0 Å². The fourth-order valence-corrected chi connectivity index (χ4v) is 2.79. The summed E-state index contributed by atoms with van der Waals surface area (Å²) in [5.74, 6) is 0.640. The smallest absolute Gasteiger partial charge is 0.258 e. The van der Waals surface area contributed by atoms with Crippen molar-refractivity contribution >= 4 is 5.91 Å². The monoisotopic (exact) mass is 296 g/mol. The number of amides is 1. The Kier molecular flexibility index (Phi) is 4.37. The van der Waals surface area contributed by atoms with Gasteiger partial charge in [0, 0.05) is 12.4 Å². The van der Waals surface area contributed by atoms with Crippen molar-refractivity contribution in [1.29, 1.82) is 0 Å². The minimum absolute atomic E-state index is 0.0311. The lowest BCUT2D eigenvalue weighted by molar-refractivity contribution is -0.123. The zero-order valence-corrected chi connectivity index (χ0v) is 12.7. The quantitative estimate of drug-likeness (QED) is 0.923. The average molecular weight is 296 g/mol. The second-order valence-electron chi connectivity index (χ2n) is 5.65. The van der Waals surface area contributed by atoms with Crippen LogP contribution in [-0.2, 0) is 17.6 Å². The van der Waals surface area contributed by atoms with Crippen LogP contribution < -0.4 is 10.1 Å². The Hall–Kier alpha value is -2.36. The number of aryl methyl sites for hydroxylation is 2. The third-order valence-corrected chi connectivity index (χ3v) is 4.00. The lowest BCUT2D eigenvalue weighted by Crippen LogP contribution is -2.31. The number of fused-ring (bicyclic) bond motifs is 1. The summed E-state index contributed by atoms with van der Waals surface area (Å²) in [7, 11) is 0. The number of carbonyl (C=O) groups excluding carboxylic acids is 1. The Morgan fingerprint density at radius 2 is 2.18 bits per heavy atom. The van der Waals surface area contributed by atoms with E-state index in [4.69, 9.17) is 4.74 Å². The van der Waals surface area contributed by atoms with Crippen LogP contribution >= 0.6 is 0 Å². The van der Waals surface area contributed by atoms with E-state index in [1.807, 2.05) is 25.1 Å². The van der Waals surface area contributed by atoms with Gasteiger partial charge in [-0.1, -0.05) is 12.1 Å². The van der Waals surface area contributed by atoms with E-state index in [1.165, 1.54) is 17.5 Å². The third-order valence-electron chi connectivity index (χ3n) is 4.00. The first-order valence-corrected chi connectivity index (χ1v) is 7.66. The molecule has 1 aromatic heterocycles. The summed E-state index contributed by atoms with van der Waals surface area (Å²) in [6.45, 7) is 1.97. The normalized spacial score (nSPS) is 14.2. The largest absolute Gasteiger partial charge is 0.484 e.